The van der Waals surface area contributed by atoms with Gasteiger partial charge in [-0.2, -0.15) is 39.2 Å². The third kappa shape index (κ3) is 6.90. The molecule has 1 N–H and O–H groups in total. The van der Waals surface area contributed by atoms with Crippen molar-refractivity contribution >= 4 is 22.1 Å². The molecule has 16 heteroatoms. The van der Waals surface area contributed by atoms with E-state index in [-0.39, 0.29) is 6.08 Å². The first-order valence-corrected chi connectivity index (χ1v) is 9.40. The van der Waals surface area contributed by atoms with Crippen LogP contribution in [-0.4, -0.2) is 61.3 Å². The molecule has 1 atom stereocenters. The highest BCUT2D eigenvalue weighted by atomic mass is 32.2. The highest BCUT2D eigenvalue weighted by Crippen LogP contribution is 2.42. The van der Waals surface area contributed by atoms with Gasteiger partial charge in [0, 0.05) is 12.5 Å². The van der Waals surface area contributed by atoms with E-state index in [9.17, 15) is 48.7 Å². The van der Waals surface area contributed by atoms with Crippen molar-refractivity contribution in [2.45, 2.75) is 42.4 Å². The average molecular weight is 490 g/mol. The average Bonchev–Trinajstić information content (AvgIpc) is 2.62. The lowest BCUT2D eigenvalue weighted by Crippen LogP contribution is -2.58. The van der Waals surface area contributed by atoms with E-state index in [4.69, 9.17) is 4.55 Å². The van der Waals surface area contributed by atoms with Crippen molar-refractivity contribution in [3.05, 3.63) is 25.3 Å². The summed E-state index contributed by atoms with van der Waals surface area (Å²) in [6.07, 6.45) is -8.42. The van der Waals surface area contributed by atoms with E-state index in [1.165, 1.54) is 0 Å². The number of hydrogen-bond acceptors (Lipinski definition) is 7. The van der Waals surface area contributed by atoms with E-state index in [0.29, 0.717) is 0 Å². The zero-order chi connectivity index (χ0) is 24.7. The zero-order valence-corrected chi connectivity index (χ0v) is 16.3. The summed E-state index contributed by atoms with van der Waals surface area (Å²) in [5.41, 5.74) is 0. The second-order valence-corrected chi connectivity index (χ2v) is 7.09. The van der Waals surface area contributed by atoms with Crippen LogP contribution in [0.5, 0.6) is 0 Å². The predicted molar refractivity (Wildman–Crippen MR) is 87.5 cm³/mol. The lowest BCUT2D eigenvalue weighted by atomic mass is 10.1. The van der Waals surface area contributed by atoms with Crippen LogP contribution in [0, 0.1) is 0 Å². The van der Waals surface area contributed by atoms with E-state index in [2.05, 4.69) is 27.4 Å². The van der Waals surface area contributed by atoms with Crippen molar-refractivity contribution in [2.24, 2.45) is 0 Å². The van der Waals surface area contributed by atoms with Gasteiger partial charge in [-0.25, -0.2) is 9.59 Å². The molecule has 0 radical (unpaired) electrons. The summed E-state index contributed by atoms with van der Waals surface area (Å²) >= 11 is 0. The van der Waals surface area contributed by atoms with Crippen LogP contribution in [0.3, 0.4) is 0 Å². The molecule has 1 unspecified atom stereocenters. The predicted octanol–water partition coefficient (Wildman–Crippen LogP) is 3.01. The molecule has 180 valence electrons. The van der Waals surface area contributed by atoms with Crippen LogP contribution in [0.25, 0.3) is 0 Å². The molecule has 0 aromatic rings. The number of alkyl halides is 7. The molecule has 0 bridgehead atoms. The summed E-state index contributed by atoms with van der Waals surface area (Å²) in [5, 5.41) is -5.86. The number of carbonyl (C=O) groups excluding carboxylic acids is 2. The number of carbonyl (C=O) groups is 2. The van der Waals surface area contributed by atoms with E-state index in [0.717, 1.165) is 6.08 Å². The Labute approximate surface area is 171 Å². The maximum absolute atomic E-state index is 13.5. The monoisotopic (exact) mass is 490 g/mol. The van der Waals surface area contributed by atoms with Crippen molar-refractivity contribution in [3.63, 3.8) is 0 Å². The molecule has 0 aliphatic heterocycles. The first kappa shape index (κ1) is 28.8. The molecular weight excluding hydrogens is 473 g/mol. The van der Waals surface area contributed by atoms with Gasteiger partial charge in [-0.1, -0.05) is 19.2 Å². The van der Waals surface area contributed by atoms with Crippen molar-refractivity contribution in [2.75, 3.05) is 13.2 Å². The Kier molecular flexibility index (Phi) is 9.67. The summed E-state index contributed by atoms with van der Waals surface area (Å²) in [6, 6.07) is 0. The zero-order valence-electron chi connectivity index (χ0n) is 15.5. The number of rotatable bonds is 13. The quantitative estimate of drug-likeness (QED) is 0.0797. The van der Waals surface area contributed by atoms with Gasteiger partial charge < -0.3 is 14.2 Å². The fraction of sp³-hybridized carbons (Fsp3) is 0.600. The van der Waals surface area contributed by atoms with Crippen molar-refractivity contribution in [1.29, 1.82) is 0 Å². The van der Waals surface area contributed by atoms with Crippen LogP contribution in [0.2, 0.25) is 0 Å². The Morgan fingerprint density at radius 2 is 1.55 bits per heavy atom. The van der Waals surface area contributed by atoms with Crippen molar-refractivity contribution < 1.29 is 67.5 Å². The maximum Gasteiger partial charge on any atom is 0.468 e. The number of halogens is 7. The Morgan fingerprint density at radius 1 is 1.00 bits per heavy atom. The first-order valence-electron chi connectivity index (χ1n) is 7.96. The molecule has 31 heavy (non-hydrogen) atoms. The van der Waals surface area contributed by atoms with E-state index in [1.54, 1.807) is 0 Å². The Balaban J connectivity index is 5.41. The Bertz CT molecular complexity index is 779. The van der Waals surface area contributed by atoms with Gasteiger partial charge in [0.15, 0.2) is 0 Å². The Morgan fingerprint density at radius 3 is 1.97 bits per heavy atom. The molecule has 0 aromatic carbocycles. The number of hydrogen-bond donors (Lipinski definition) is 1. The summed E-state index contributed by atoms with van der Waals surface area (Å²) in [6.45, 7) is 3.91. The standard InChI is InChI=1S/C15H17F7O8S/c1-3-8-28-11(24)13(14(18,19)20,30-10(23)4-2)29-9-6-5-7-12(16,17)15(21,22)31(25,26)27/h3-4H,1-2,5-9H2,(H,25,26,27). The molecule has 0 amide bonds. The minimum absolute atomic E-state index is 0.253. The first-order chi connectivity index (χ1) is 13.9. The van der Waals surface area contributed by atoms with Gasteiger partial charge >= 0.3 is 45.2 Å². The maximum atomic E-state index is 13.5. The number of esters is 2. The molecule has 0 saturated carbocycles. The fourth-order valence-corrected chi connectivity index (χ4v) is 2.28. The second kappa shape index (κ2) is 10.4. The second-order valence-electron chi connectivity index (χ2n) is 5.63. The third-order valence-corrected chi connectivity index (χ3v) is 4.27. The van der Waals surface area contributed by atoms with E-state index < -0.39 is 77.7 Å². The van der Waals surface area contributed by atoms with Gasteiger partial charge in [0.25, 0.3) is 0 Å². The lowest BCUT2D eigenvalue weighted by molar-refractivity contribution is -0.354. The smallest absolute Gasteiger partial charge is 0.456 e. The Hall–Kier alpha value is -2.20. The molecule has 0 spiro atoms. The summed E-state index contributed by atoms with van der Waals surface area (Å²) in [4.78, 5) is 23.1. The van der Waals surface area contributed by atoms with Crippen LogP contribution in [0.4, 0.5) is 30.7 Å². The summed E-state index contributed by atoms with van der Waals surface area (Å²) < 4.78 is 135. The number of unbranched alkanes of at least 4 members (excludes halogenated alkanes) is 1. The summed E-state index contributed by atoms with van der Waals surface area (Å²) in [7, 11) is -6.48. The summed E-state index contributed by atoms with van der Waals surface area (Å²) in [5.74, 6) is -13.6. The van der Waals surface area contributed by atoms with Gasteiger partial charge in [0.2, 0.25) is 0 Å². The third-order valence-electron chi connectivity index (χ3n) is 3.33. The topological polar surface area (TPSA) is 116 Å². The molecule has 0 saturated heterocycles. The van der Waals surface area contributed by atoms with Gasteiger partial charge in [0.05, 0.1) is 6.61 Å². The van der Waals surface area contributed by atoms with Crippen LogP contribution in [0.1, 0.15) is 19.3 Å². The lowest BCUT2D eigenvalue weighted by Gasteiger charge is -2.31. The van der Waals surface area contributed by atoms with Crippen molar-refractivity contribution in [3.8, 4) is 0 Å². The molecular formula is C15H17F7O8S. The van der Waals surface area contributed by atoms with Crippen LogP contribution in [-0.2, 0) is 33.9 Å². The van der Waals surface area contributed by atoms with Gasteiger partial charge in [0.1, 0.15) is 6.61 Å². The van der Waals surface area contributed by atoms with E-state index >= 15 is 0 Å². The van der Waals surface area contributed by atoms with E-state index in [1.807, 2.05) is 0 Å². The van der Waals surface area contributed by atoms with Gasteiger partial charge in [-0.05, 0) is 12.8 Å². The van der Waals surface area contributed by atoms with Crippen LogP contribution in [0.15, 0.2) is 25.3 Å². The molecule has 8 nitrogen and oxygen atoms in total. The largest absolute Gasteiger partial charge is 0.468 e. The minimum atomic E-state index is -6.48. The molecule has 0 fully saturated rings. The highest BCUT2D eigenvalue weighted by Gasteiger charge is 2.68. The molecule has 0 aliphatic rings. The molecule has 0 rings (SSSR count). The van der Waals surface area contributed by atoms with Gasteiger partial charge in [-0.15, -0.1) is 0 Å². The van der Waals surface area contributed by atoms with Crippen LogP contribution < -0.4 is 0 Å². The normalized spacial score (nSPS) is 15.0. The molecule has 0 aliphatic carbocycles. The van der Waals surface area contributed by atoms with Gasteiger partial charge in [-0.3, -0.25) is 4.55 Å². The molecule has 0 aromatic heterocycles. The molecule has 0 heterocycles. The SMILES string of the molecule is C=CCOC(=O)C(OCCCCC(F)(F)C(F)(F)S(=O)(=O)O)(OC(=O)C=C)C(F)(F)F. The van der Waals surface area contributed by atoms with Crippen molar-refractivity contribution in [1.82, 2.24) is 0 Å². The highest BCUT2D eigenvalue weighted by molar-refractivity contribution is 7.87. The van der Waals surface area contributed by atoms with Crippen LogP contribution >= 0.6 is 0 Å². The number of ether oxygens (including phenoxy) is 3. The minimum Gasteiger partial charge on any atom is -0.456 e. The fourth-order valence-electron chi connectivity index (χ4n) is 1.80.